The van der Waals surface area contributed by atoms with E-state index in [-0.39, 0.29) is 0 Å². The summed E-state index contributed by atoms with van der Waals surface area (Å²) in [5.41, 5.74) is 0.483. The van der Waals surface area contributed by atoms with Gasteiger partial charge in [-0.05, 0) is 22.0 Å². The fraction of sp³-hybridized carbons (Fsp3) is 0. The Bertz CT molecular complexity index is 292. The zero-order valence-electron chi connectivity index (χ0n) is 4.81. The molecule has 0 bridgehead atoms. The summed E-state index contributed by atoms with van der Waals surface area (Å²) < 4.78 is 0.655. The van der Waals surface area contributed by atoms with E-state index in [4.69, 9.17) is 18.2 Å². The van der Waals surface area contributed by atoms with Gasteiger partial charge in [-0.2, -0.15) is 0 Å². The van der Waals surface area contributed by atoms with E-state index >= 15 is 0 Å². The van der Waals surface area contributed by atoms with Crippen molar-refractivity contribution in [3.8, 4) is 0 Å². The molecule has 0 radical (unpaired) electrons. The van der Waals surface area contributed by atoms with Gasteiger partial charge in [-0.1, -0.05) is 11.6 Å². The Hall–Kier alpha value is -0.590. The lowest BCUT2D eigenvalue weighted by molar-refractivity contribution is 1.32. The van der Waals surface area contributed by atoms with E-state index in [1.165, 1.54) is 6.20 Å². The van der Waals surface area contributed by atoms with E-state index < -0.39 is 0 Å². The van der Waals surface area contributed by atoms with Crippen LogP contribution in [0.3, 0.4) is 0 Å². The van der Waals surface area contributed by atoms with Gasteiger partial charge in [0, 0.05) is 10.7 Å². The van der Waals surface area contributed by atoms with Crippen molar-refractivity contribution in [3.63, 3.8) is 0 Å². The van der Waals surface area contributed by atoms with Crippen LogP contribution >= 0.6 is 27.5 Å². The quantitative estimate of drug-likeness (QED) is 0.482. The molecule has 4 heteroatoms. The number of hydrogen-bond acceptors (Lipinski definition) is 1. The minimum Gasteiger partial charge on any atom is -0.255 e. The summed E-state index contributed by atoms with van der Waals surface area (Å²) in [7, 11) is 0. The van der Waals surface area contributed by atoms with Crippen LogP contribution in [0.2, 0.25) is 5.15 Å². The second kappa shape index (κ2) is 3.00. The van der Waals surface area contributed by atoms with Crippen LogP contribution in [-0.4, -0.2) is 4.98 Å². The Kier molecular flexibility index (Phi) is 2.25. The maximum atomic E-state index is 6.63. The lowest BCUT2D eigenvalue weighted by Crippen LogP contribution is -1.73. The number of hydrogen-bond donors (Lipinski definition) is 0. The highest BCUT2D eigenvalue weighted by Crippen LogP contribution is 2.23. The van der Waals surface area contributed by atoms with E-state index in [0.717, 1.165) is 0 Å². The standard InChI is InChI=1S/C6H2BrClN2/c1-9-4-2-5(7)6(8)10-3-4/h2-3H. The molecule has 0 aliphatic rings. The van der Waals surface area contributed by atoms with Gasteiger partial charge < -0.3 is 0 Å². The molecular weight excluding hydrogens is 215 g/mol. The molecule has 0 aliphatic carbocycles. The van der Waals surface area contributed by atoms with Crippen LogP contribution in [-0.2, 0) is 0 Å². The van der Waals surface area contributed by atoms with Gasteiger partial charge in [0.15, 0.2) is 0 Å². The first-order valence-electron chi connectivity index (χ1n) is 2.42. The summed E-state index contributed by atoms with van der Waals surface area (Å²) in [6, 6.07) is 1.63. The molecule has 1 aromatic rings. The molecule has 50 valence electrons. The third-order valence-electron chi connectivity index (χ3n) is 0.911. The van der Waals surface area contributed by atoms with Crippen molar-refractivity contribution < 1.29 is 0 Å². The second-order valence-electron chi connectivity index (χ2n) is 1.58. The van der Waals surface area contributed by atoms with Gasteiger partial charge in [-0.15, -0.1) is 0 Å². The third kappa shape index (κ3) is 1.47. The lowest BCUT2D eigenvalue weighted by Gasteiger charge is -1.92. The first-order valence-corrected chi connectivity index (χ1v) is 3.59. The summed E-state index contributed by atoms with van der Waals surface area (Å²) in [6.07, 6.45) is 1.43. The molecule has 0 unspecified atom stereocenters. The maximum Gasteiger partial charge on any atom is 0.206 e. The van der Waals surface area contributed by atoms with Crippen LogP contribution < -0.4 is 0 Å². The first kappa shape index (κ1) is 7.52. The number of aromatic nitrogens is 1. The second-order valence-corrected chi connectivity index (χ2v) is 2.79. The van der Waals surface area contributed by atoms with Gasteiger partial charge in [0.25, 0.3) is 0 Å². The topological polar surface area (TPSA) is 17.2 Å². The normalized spacial score (nSPS) is 8.90. The molecule has 0 aromatic carbocycles. The van der Waals surface area contributed by atoms with Gasteiger partial charge in [0.1, 0.15) is 5.15 Å². The molecular formula is C6H2BrClN2. The maximum absolute atomic E-state index is 6.63. The summed E-state index contributed by atoms with van der Waals surface area (Å²) in [6.45, 7) is 6.63. The van der Waals surface area contributed by atoms with Crippen molar-refractivity contribution >= 4 is 33.2 Å². The highest BCUT2D eigenvalue weighted by Gasteiger charge is 1.97. The van der Waals surface area contributed by atoms with Gasteiger partial charge in [-0.25, -0.2) is 4.85 Å². The zero-order valence-corrected chi connectivity index (χ0v) is 7.15. The Morgan fingerprint density at radius 2 is 2.40 bits per heavy atom. The molecule has 0 amide bonds. The fourth-order valence-corrected chi connectivity index (χ4v) is 0.913. The van der Waals surface area contributed by atoms with Crippen LogP contribution in [0.1, 0.15) is 0 Å². The van der Waals surface area contributed by atoms with E-state index in [1.807, 2.05) is 0 Å². The molecule has 0 saturated heterocycles. The van der Waals surface area contributed by atoms with Crippen LogP contribution in [0, 0.1) is 6.57 Å². The molecule has 0 saturated carbocycles. The summed E-state index contributed by atoms with van der Waals surface area (Å²) in [5.74, 6) is 0. The van der Waals surface area contributed by atoms with Gasteiger partial charge in [0.05, 0.1) is 6.57 Å². The Morgan fingerprint density at radius 3 is 2.90 bits per heavy atom. The van der Waals surface area contributed by atoms with Crippen LogP contribution in [0.25, 0.3) is 4.85 Å². The number of nitrogens with zero attached hydrogens (tertiary/aromatic N) is 2. The predicted octanol–water partition coefficient (Wildman–Crippen LogP) is 3.05. The van der Waals surface area contributed by atoms with Crippen molar-refractivity contribution in [2.24, 2.45) is 0 Å². The average Bonchev–Trinajstić information content (AvgIpc) is 1.95. The van der Waals surface area contributed by atoms with E-state index in [2.05, 4.69) is 25.8 Å². The Labute approximate surface area is 71.8 Å². The largest absolute Gasteiger partial charge is 0.255 e. The predicted molar refractivity (Wildman–Crippen MR) is 43.2 cm³/mol. The van der Waals surface area contributed by atoms with Crippen molar-refractivity contribution in [1.82, 2.24) is 4.98 Å². The van der Waals surface area contributed by atoms with E-state index in [9.17, 15) is 0 Å². The lowest BCUT2D eigenvalue weighted by atomic mass is 10.4. The van der Waals surface area contributed by atoms with E-state index in [1.54, 1.807) is 6.07 Å². The van der Waals surface area contributed by atoms with Crippen molar-refractivity contribution in [2.45, 2.75) is 0 Å². The van der Waals surface area contributed by atoms with Gasteiger partial charge >= 0.3 is 0 Å². The zero-order chi connectivity index (χ0) is 7.56. The first-order chi connectivity index (χ1) is 4.74. The summed E-state index contributed by atoms with van der Waals surface area (Å²) >= 11 is 8.73. The van der Waals surface area contributed by atoms with Crippen LogP contribution in [0.15, 0.2) is 16.7 Å². The third-order valence-corrected chi connectivity index (χ3v) is 2.04. The molecule has 1 aromatic heterocycles. The smallest absolute Gasteiger partial charge is 0.206 e. The van der Waals surface area contributed by atoms with Crippen molar-refractivity contribution in [3.05, 3.63) is 33.3 Å². The van der Waals surface area contributed by atoms with E-state index in [0.29, 0.717) is 15.3 Å². The molecule has 0 fully saturated rings. The molecule has 2 nitrogen and oxygen atoms in total. The number of pyridine rings is 1. The molecule has 0 spiro atoms. The average molecular weight is 217 g/mol. The summed E-state index contributed by atoms with van der Waals surface area (Å²) in [4.78, 5) is 6.93. The molecule has 1 heterocycles. The Morgan fingerprint density at radius 1 is 1.70 bits per heavy atom. The molecule has 10 heavy (non-hydrogen) atoms. The van der Waals surface area contributed by atoms with Crippen molar-refractivity contribution in [1.29, 1.82) is 0 Å². The van der Waals surface area contributed by atoms with Crippen LogP contribution in [0.5, 0.6) is 0 Å². The molecule has 0 aliphatic heterocycles. The van der Waals surface area contributed by atoms with Gasteiger partial charge in [-0.3, -0.25) is 4.98 Å². The fourth-order valence-electron chi connectivity index (χ4n) is 0.472. The Balaban J connectivity index is 3.20. The van der Waals surface area contributed by atoms with Gasteiger partial charge in [0.2, 0.25) is 5.69 Å². The molecule has 0 N–H and O–H groups in total. The summed E-state index contributed by atoms with van der Waals surface area (Å²) in [5, 5.41) is 0.382. The number of rotatable bonds is 0. The number of halogens is 2. The minimum absolute atomic E-state index is 0.382. The highest BCUT2D eigenvalue weighted by molar-refractivity contribution is 9.10. The van der Waals surface area contributed by atoms with Crippen LogP contribution in [0.4, 0.5) is 5.69 Å². The molecule has 0 atom stereocenters. The monoisotopic (exact) mass is 216 g/mol. The molecule has 1 rings (SSSR count). The SMILES string of the molecule is [C-]#[N+]c1cnc(Cl)c(Br)c1. The highest BCUT2D eigenvalue weighted by atomic mass is 79.9. The minimum atomic E-state index is 0.382. The van der Waals surface area contributed by atoms with Crippen molar-refractivity contribution in [2.75, 3.05) is 0 Å².